The van der Waals surface area contributed by atoms with E-state index in [9.17, 15) is 19.2 Å². The van der Waals surface area contributed by atoms with E-state index in [-0.39, 0.29) is 23.3 Å². The Morgan fingerprint density at radius 2 is 0.840 bits per heavy atom. The summed E-state index contributed by atoms with van der Waals surface area (Å²) in [6.45, 7) is 5.40. The van der Waals surface area contributed by atoms with E-state index in [2.05, 4.69) is 23.8 Å². The van der Waals surface area contributed by atoms with Crippen molar-refractivity contribution >= 4 is 22.3 Å². The molecular formula is C36H50N8O6. The minimum Gasteiger partial charge on any atom is -0.425 e. The number of rotatable bonds is 18. The lowest BCUT2D eigenvalue weighted by Crippen LogP contribution is -2.37. The summed E-state index contributed by atoms with van der Waals surface area (Å²) in [7, 11) is 6.11. The number of imidazole rings is 2. The third-order valence-electron chi connectivity index (χ3n) is 9.34. The molecule has 0 aliphatic rings. The van der Waals surface area contributed by atoms with Gasteiger partial charge >= 0.3 is 23.4 Å². The Morgan fingerprint density at radius 3 is 1.20 bits per heavy atom. The molecule has 270 valence electrons. The molecule has 0 fully saturated rings. The van der Waals surface area contributed by atoms with Gasteiger partial charge in [-0.1, -0.05) is 78.1 Å². The Bertz CT molecular complexity index is 2030. The van der Waals surface area contributed by atoms with E-state index < -0.39 is 22.5 Å². The van der Waals surface area contributed by atoms with Gasteiger partial charge in [0.25, 0.3) is 11.1 Å². The van der Waals surface area contributed by atoms with Crippen molar-refractivity contribution in [3.05, 3.63) is 65.9 Å². The fourth-order valence-electron chi connectivity index (χ4n) is 6.31. The SMILES string of the molecule is CCCCCCCCn1c(Oc2ccc(Oc3nc4c(c(=O)n(C)c(=O)n4C)n3CCCCCCCC)cc2)nc2c1c(=O)n(C)c(=O)n2C. The van der Waals surface area contributed by atoms with E-state index >= 15 is 0 Å². The van der Waals surface area contributed by atoms with E-state index in [1.54, 1.807) is 47.5 Å². The van der Waals surface area contributed by atoms with Gasteiger partial charge in [0.05, 0.1) is 0 Å². The van der Waals surface area contributed by atoms with Gasteiger partial charge < -0.3 is 9.47 Å². The second kappa shape index (κ2) is 16.2. The minimum atomic E-state index is -0.458. The van der Waals surface area contributed by atoms with Crippen molar-refractivity contribution < 1.29 is 9.47 Å². The Balaban J connectivity index is 1.42. The average molecular weight is 691 g/mol. The van der Waals surface area contributed by atoms with Crippen LogP contribution in [-0.2, 0) is 41.3 Å². The fourth-order valence-corrected chi connectivity index (χ4v) is 6.31. The van der Waals surface area contributed by atoms with Crippen LogP contribution in [0.4, 0.5) is 0 Å². The standard InChI is InChI=1S/C36H50N8O6/c1-7-9-11-13-15-17-23-43-27-29(39(3)35(47)41(5)31(27)45)37-33(43)49-25-19-21-26(22-20-25)50-34-38-30-28(32(46)42(6)36(48)40(30)4)44(34)24-18-16-14-12-10-8-2/h19-22H,7-18,23-24H2,1-6H3. The summed E-state index contributed by atoms with van der Waals surface area (Å²) in [5, 5.41) is 0. The summed E-state index contributed by atoms with van der Waals surface area (Å²) in [4.78, 5) is 61.0. The maximum atomic E-state index is 13.2. The molecule has 5 aromatic rings. The monoisotopic (exact) mass is 690 g/mol. The second-order valence-corrected chi connectivity index (χ2v) is 13.1. The smallest absolute Gasteiger partial charge is 0.332 e. The Morgan fingerprint density at radius 1 is 0.500 bits per heavy atom. The predicted molar refractivity (Wildman–Crippen MR) is 194 cm³/mol. The number of benzene rings is 1. The van der Waals surface area contributed by atoms with Crippen LogP contribution < -0.4 is 32.0 Å². The Kier molecular flexibility index (Phi) is 11.8. The van der Waals surface area contributed by atoms with Gasteiger partial charge in [-0.2, -0.15) is 9.97 Å². The molecule has 0 unspecified atom stereocenters. The lowest BCUT2D eigenvalue weighted by molar-refractivity contribution is 0.399. The first-order valence-electron chi connectivity index (χ1n) is 17.9. The van der Waals surface area contributed by atoms with Crippen LogP contribution in [0.25, 0.3) is 22.3 Å². The highest BCUT2D eigenvalue weighted by Crippen LogP contribution is 2.29. The van der Waals surface area contributed by atoms with Gasteiger partial charge in [-0.15, -0.1) is 0 Å². The zero-order valence-corrected chi connectivity index (χ0v) is 30.2. The highest BCUT2D eigenvalue weighted by atomic mass is 16.5. The van der Waals surface area contributed by atoms with Gasteiger partial charge in [-0.25, -0.2) is 9.59 Å². The van der Waals surface area contributed by atoms with E-state index in [1.165, 1.54) is 48.9 Å². The normalized spacial score (nSPS) is 11.6. The summed E-state index contributed by atoms with van der Waals surface area (Å²) >= 11 is 0. The number of ether oxygens (including phenoxy) is 2. The maximum Gasteiger partial charge on any atom is 0.332 e. The molecular weight excluding hydrogens is 640 g/mol. The summed E-state index contributed by atoms with van der Waals surface area (Å²) in [6, 6.07) is 7.32. The van der Waals surface area contributed by atoms with Crippen LogP contribution in [0.3, 0.4) is 0 Å². The molecule has 0 atom stereocenters. The van der Waals surface area contributed by atoms with Gasteiger partial charge in [-0.05, 0) is 37.1 Å². The molecule has 0 aliphatic heterocycles. The van der Waals surface area contributed by atoms with Crippen molar-refractivity contribution in [1.82, 2.24) is 37.4 Å². The highest BCUT2D eigenvalue weighted by Gasteiger charge is 2.22. The maximum absolute atomic E-state index is 13.2. The number of nitrogens with zero attached hydrogens (tertiary/aromatic N) is 8. The molecule has 0 radical (unpaired) electrons. The largest absolute Gasteiger partial charge is 0.425 e. The number of aryl methyl sites for hydroxylation is 4. The van der Waals surface area contributed by atoms with E-state index in [1.807, 2.05) is 0 Å². The number of unbranched alkanes of at least 4 members (excludes halogenated alkanes) is 10. The number of aromatic nitrogens is 8. The minimum absolute atomic E-state index is 0.220. The first kappa shape index (κ1) is 36.4. The molecule has 14 heteroatoms. The Labute approximate surface area is 290 Å². The summed E-state index contributed by atoms with van der Waals surface area (Å²) in [6.07, 6.45) is 12.9. The van der Waals surface area contributed by atoms with Crippen molar-refractivity contribution in [2.24, 2.45) is 28.2 Å². The summed E-state index contributed by atoms with van der Waals surface area (Å²) in [5.74, 6) is 0.908. The lowest BCUT2D eigenvalue weighted by Gasteiger charge is -2.12. The topological polar surface area (TPSA) is 142 Å². The van der Waals surface area contributed by atoms with Gasteiger partial charge in [0, 0.05) is 41.3 Å². The summed E-state index contributed by atoms with van der Waals surface area (Å²) < 4.78 is 20.9. The van der Waals surface area contributed by atoms with Crippen LogP contribution in [-0.4, -0.2) is 37.4 Å². The van der Waals surface area contributed by atoms with Crippen LogP contribution in [0, 0.1) is 0 Å². The molecule has 0 N–H and O–H groups in total. The van der Waals surface area contributed by atoms with Crippen molar-refractivity contribution in [1.29, 1.82) is 0 Å². The van der Waals surface area contributed by atoms with E-state index in [0.717, 1.165) is 60.5 Å². The molecule has 0 spiro atoms. The van der Waals surface area contributed by atoms with Crippen LogP contribution in [0.5, 0.6) is 23.5 Å². The van der Waals surface area contributed by atoms with Crippen molar-refractivity contribution in [2.75, 3.05) is 0 Å². The molecule has 0 saturated carbocycles. The van der Waals surface area contributed by atoms with E-state index in [0.29, 0.717) is 35.6 Å². The van der Waals surface area contributed by atoms with Crippen LogP contribution in [0.15, 0.2) is 43.4 Å². The second-order valence-electron chi connectivity index (χ2n) is 13.1. The quantitative estimate of drug-likeness (QED) is 0.110. The molecule has 0 bridgehead atoms. The molecule has 5 rings (SSSR count). The molecule has 50 heavy (non-hydrogen) atoms. The first-order chi connectivity index (χ1) is 24.1. The zero-order valence-electron chi connectivity index (χ0n) is 30.2. The number of hydrogen-bond donors (Lipinski definition) is 0. The van der Waals surface area contributed by atoms with Gasteiger partial charge in [-0.3, -0.25) is 37.0 Å². The Hall–Kier alpha value is -4.88. The predicted octanol–water partition coefficient (Wildman–Crippen LogP) is 5.49. The van der Waals surface area contributed by atoms with Crippen LogP contribution >= 0.6 is 0 Å². The lowest BCUT2D eigenvalue weighted by atomic mass is 10.1. The average Bonchev–Trinajstić information content (AvgIpc) is 3.66. The van der Waals surface area contributed by atoms with Crippen molar-refractivity contribution in [3.63, 3.8) is 0 Å². The fraction of sp³-hybridized carbons (Fsp3) is 0.556. The third-order valence-corrected chi connectivity index (χ3v) is 9.34. The molecule has 0 saturated heterocycles. The van der Waals surface area contributed by atoms with Gasteiger partial charge in [0.1, 0.15) is 11.5 Å². The third kappa shape index (κ3) is 7.48. The molecule has 4 heterocycles. The molecule has 0 amide bonds. The number of fused-ring (bicyclic) bond motifs is 2. The number of hydrogen-bond acceptors (Lipinski definition) is 8. The molecule has 4 aromatic heterocycles. The first-order valence-corrected chi connectivity index (χ1v) is 17.9. The van der Waals surface area contributed by atoms with Crippen molar-refractivity contribution in [3.8, 4) is 23.5 Å². The highest BCUT2D eigenvalue weighted by molar-refractivity contribution is 5.73. The van der Waals surface area contributed by atoms with Crippen LogP contribution in [0.1, 0.15) is 90.9 Å². The van der Waals surface area contributed by atoms with Gasteiger partial charge in [0.2, 0.25) is 0 Å². The van der Waals surface area contributed by atoms with Crippen LogP contribution in [0.2, 0.25) is 0 Å². The van der Waals surface area contributed by atoms with E-state index in [4.69, 9.17) is 9.47 Å². The van der Waals surface area contributed by atoms with Gasteiger partial charge in [0.15, 0.2) is 22.3 Å². The molecule has 14 nitrogen and oxygen atoms in total. The molecule has 0 aliphatic carbocycles. The van der Waals surface area contributed by atoms with Crippen molar-refractivity contribution in [2.45, 2.75) is 104 Å². The summed E-state index contributed by atoms with van der Waals surface area (Å²) in [5.41, 5.74) is -0.577. The zero-order chi connectivity index (χ0) is 35.9. The molecule has 1 aromatic carbocycles.